The first kappa shape index (κ1) is 20.7. The Bertz CT molecular complexity index is 783. The second kappa shape index (κ2) is 10.5. The average Bonchev–Trinajstić information content (AvgIpc) is 2.62. The molecule has 2 N–H and O–H groups in total. The first-order valence-corrected chi connectivity index (χ1v) is 10.1. The maximum absolute atomic E-state index is 12.7. The molecule has 0 saturated heterocycles. The van der Waals surface area contributed by atoms with Crippen molar-refractivity contribution in [2.75, 3.05) is 31.3 Å². The van der Waals surface area contributed by atoms with Crippen LogP contribution in [0.4, 0.5) is 5.69 Å². The van der Waals surface area contributed by atoms with Gasteiger partial charge in [0.25, 0.3) is 5.91 Å². The monoisotopic (exact) mass is 484 g/mol. The molecule has 0 atom stereocenters. The number of carbonyl (C=O) groups is 2. The van der Waals surface area contributed by atoms with E-state index in [1.54, 1.807) is 13.2 Å². The minimum atomic E-state index is -0.183. The summed E-state index contributed by atoms with van der Waals surface area (Å²) in [5, 5.41) is 5.72. The predicted octanol–water partition coefficient (Wildman–Crippen LogP) is 3.71. The van der Waals surface area contributed by atoms with Crippen molar-refractivity contribution in [3.05, 3.63) is 57.2 Å². The van der Waals surface area contributed by atoms with Crippen LogP contribution in [0, 0.1) is 10.5 Å². The molecule has 0 unspecified atom stereocenters. The van der Waals surface area contributed by atoms with Gasteiger partial charge in [-0.1, -0.05) is 12.1 Å². The Labute approximate surface area is 171 Å². The molecular weight excluding hydrogens is 463 g/mol. The molecule has 0 aliphatic carbocycles. The highest BCUT2D eigenvalue weighted by molar-refractivity contribution is 14.1. The second-order valence-corrected chi connectivity index (χ2v) is 7.80. The van der Waals surface area contributed by atoms with E-state index < -0.39 is 0 Å². The minimum Gasteiger partial charge on any atom is -0.383 e. The lowest BCUT2D eigenvalue weighted by Crippen LogP contribution is -2.28. The van der Waals surface area contributed by atoms with Crippen molar-refractivity contribution >= 4 is 51.9 Å². The van der Waals surface area contributed by atoms with Crippen LogP contribution in [-0.2, 0) is 9.53 Å². The molecule has 0 spiro atoms. The van der Waals surface area contributed by atoms with Gasteiger partial charge in [0.2, 0.25) is 5.91 Å². The zero-order valence-corrected chi connectivity index (χ0v) is 17.6. The third kappa shape index (κ3) is 6.30. The van der Waals surface area contributed by atoms with Crippen molar-refractivity contribution in [3.63, 3.8) is 0 Å². The van der Waals surface area contributed by atoms with Crippen LogP contribution >= 0.6 is 34.4 Å². The summed E-state index contributed by atoms with van der Waals surface area (Å²) in [7, 11) is 1.59. The van der Waals surface area contributed by atoms with Gasteiger partial charge in [0, 0.05) is 27.8 Å². The number of anilines is 1. The summed E-state index contributed by atoms with van der Waals surface area (Å²) < 4.78 is 6.02. The summed E-state index contributed by atoms with van der Waals surface area (Å²) in [5.41, 5.74) is 2.35. The summed E-state index contributed by atoms with van der Waals surface area (Å²) in [6, 6.07) is 13.2. The van der Waals surface area contributed by atoms with E-state index in [9.17, 15) is 9.59 Å². The zero-order valence-electron chi connectivity index (χ0n) is 14.7. The number of thioether (sulfide) groups is 1. The van der Waals surface area contributed by atoms with Gasteiger partial charge in [0.15, 0.2) is 0 Å². The molecule has 7 heteroatoms. The van der Waals surface area contributed by atoms with Crippen LogP contribution < -0.4 is 10.6 Å². The number of halogens is 1. The van der Waals surface area contributed by atoms with Gasteiger partial charge in [-0.25, -0.2) is 0 Å². The van der Waals surface area contributed by atoms with E-state index in [0.717, 1.165) is 19.7 Å². The third-order valence-corrected chi connectivity index (χ3v) is 5.30. The first-order chi connectivity index (χ1) is 12.5. The molecule has 2 rings (SSSR count). The van der Waals surface area contributed by atoms with Gasteiger partial charge in [0.1, 0.15) is 0 Å². The molecule has 0 saturated carbocycles. The quantitative estimate of drug-likeness (QED) is 0.341. The topological polar surface area (TPSA) is 67.4 Å². The molecule has 5 nitrogen and oxygen atoms in total. The van der Waals surface area contributed by atoms with Crippen molar-refractivity contribution in [2.45, 2.75) is 11.8 Å². The molecule has 0 aromatic heterocycles. The van der Waals surface area contributed by atoms with Gasteiger partial charge < -0.3 is 15.4 Å². The molecule has 138 valence electrons. The molecule has 0 heterocycles. The average molecular weight is 484 g/mol. The molecule has 0 fully saturated rings. The van der Waals surface area contributed by atoms with Crippen LogP contribution in [-0.4, -0.2) is 37.8 Å². The van der Waals surface area contributed by atoms with E-state index in [0.29, 0.717) is 18.7 Å². The lowest BCUT2D eigenvalue weighted by Gasteiger charge is -2.12. The maximum atomic E-state index is 12.7. The maximum Gasteiger partial charge on any atom is 0.256 e. The van der Waals surface area contributed by atoms with Crippen LogP contribution in [0.3, 0.4) is 0 Å². The highest BCUT2D eigenvalue weighted by atomic mass is 127. The van der Waals surface area contributed by atoms with E-state index in [-0.39, 0.29) is 17.6 Å². The van der Waals surface area contributed by atoms with Crippen molar-refractivity contribution in [1.82, 2.24) is 5.32 Å². The van der Waals surface area contributed by atoms with Gasteiger partial charge in [0.05, 0.1) is 17.9 Å². The highest BCUT2D eigenvalue weighted by Gasteiger charge is 2.14. The number of rotatable bonds is 8. The van der Waals surface area contributed by atoms with Gasteiger partial charge in [-0.3, -0.25) is 9.59 Å². The summed E-state index contributed by atoms with van der Waals surface area (Å²) in [6.07, 6.45) is 0. The van der Waals surface area contributed by atoms with Crippen LogP contribution in [0.2, 0.25) is 0 Å². The number of amides is 2. The lowest BCUT2D eigenvalue weighted by molar-refractivity contribution is -0.118. The summed E-state index contributed by atoms with van der Waals surface area (Å²) in [4.78, 5) is 25.3. The number of aryl methyl sites for hydroxylation is 1. The number of ether oxygens (including phenoxy) is 1. The van der Waals surface area contributed by atoms with Crippen LogP contribution in [0.25, 0.3) is 0 Å². The predicted molar refractivity (Wildman–Crippen MR) is 114 cm³/mol. The molecular formula is C19H21IN2O3S. The molecule has 2 aromatic carbocycles. The van der Waals surface area contributed by atoms with E-state index in [1.165, 1.54) is 11.8 Å². The van der Waals surface area contributed by atoms with Gasteiger partial charge >= 0.3 is 0 Å². The molecule has 2 aromatic rings. The van der Waals surface area contributed by atoms with Crippen LogP contribution in [0.15, 0.2) is 47.4 Å². The Morgan fingerprint density at radius 3 is 2.69 bits per heavy atom. The lowest BCUT2D eigenvalue weighted by atomic mass is 10.1. The summed E-state index contributed by atoms with van der Waals surface area (Å²) in [6.45, 7) is 2.91. The van der Waals surface area contributed by atoms with E-state index >= 15 is 0 Å². The number of hydrogen-bond acceptors (Lipinski definition) is 4. The normalized spacial score (nSPS) is 10.4. The fraction of sp³-hybridized carbons (Fsp3) is 0.263. The van der Waals surface area contributed by atoms with E-state index in [2.05, 4.69) is 33.2 Å². The molecule has 0 radical (unpaired) electrons. The third-order valence-electron chi connectivity index (χ3n) is 3.56. The Hall–Kier alpha value is -1.58. The van der Waals surface area contributed by atoms with E-state index in [4.69, 9.17) is 4.74 Å². The number of methoxy groups -OCH3 is 1. The van der Waals surface area contributed by atoms with Crippen LogP contribution in [0.1, 0.15) is 15.9 Å². The van der Waals surface area contributed by atoms with Crippen molar-refractivity contribution in [1.29, 1.82) is 0 Å². The first-order valence-electron chi connectivity index (χ1n) is 8.06. The Morgan fingerprint density at radius 2 is 1.96 bits per heavy atom. The van der Waals surface area contributed by atoms with Gasteiger partial charge in [-0.05, 0) is 65.4 Å². The Balaban J connectivity index is 2.03. The van der Waals surface area contributed by atoms with Crippen LogP contribution in [0.5, 0.6) is 0 Å². The standard InChI is InChI=1S/C19H21IN2O3S/c1-13-11-14(20)7-8-16(13)22-19(24)15-5-3-4-6-17(15)26-12-18(23)21-9-10-25-2/h3-8,11H,9-10,12H2,1-2H3,(H,21,23)(H,22,24). The fourth-order valence-corrected chi connectivity index (χ4v) is 3.75. The van der Waals surface area contributed by atoms with Gasteiger partial charge in [-0.2, -0.15) is 0 Å². The zero-order chi connectivity index (χ0) is 18.9. The SMILES string of the molecule is COCCNC(=O)CSc1ccccc1C(=O)Nc1ccc(I)cc1C. The molecule has 2 amide bonds. The number of nitrogens with one attached hydrogen (secondary N) is 2. The molecule has 0 aliphatic heterocycles. The largest absolute Gasteiger partial charge is 0.383 e. The van der Waals surface area contributed by atoms with Crippen molar-refractivity contribution in [3.8, 4) is 0 Å². The minimum absolute atomic E-state index is 0.0873. The molecule has 0 bridgehead atoms. The summed E-state index contributed by atoms with van der Waals surface area (Å²) >= 11 is 3.58. The molecule has 26 heavy (non-hydrogen) atoms. The number of hydrogen-bond donors (Lipinski definition) is 2. The van der Waals surface area contributed by atoms with E-state index in [1.807, 2.05) is 43.3 Å². The fourth-order valence-electron chi connectivity index (χ4n) is 2.22. The second-order valence-electron chi connectivity index (χ2n) is 5.54. The van der Waals surface area contributed by atoms with Crippen molar-refractivity contribution in [2.24, 2.45) is 0 Å². The summed E-state index contributed by atoms with van der Waals surface area (Å²) in [5.74, 6) is -0.0238. The number of benzene rings is 2. The van der Waals surface area contributed by atoms with Gasteiger partial charge in [-0.15, -0.1) is 11.8 Å². The molecule has 0 aliphatic rings. The highest BCUT2D eigenvalue weighted by Crippen LogP contribution is 2.24. The van der Waals surface area contributed by atoms with Crippen molar-refractivity contribution < 1.29 is 14.3 Å². The Morgan fingerprint density at radius 1 is 1.19 bits per heavy atom. The smallest absolute Gasteiger partial charge is 0.256 e. The number of carbonyl (C=O) groups excluding carboxylic acids is 2. The Kier molecular flexibility index (Phi) is 8.40.